The highest BCUT2D eigenvalue weighted by molar-refractivity contribution is 5.83. The number of nitrogen functional groups attached to an aromatic ring is 1. The number of rotatable bonds is 6. The summed E-state index contributed by atoms with van der Waals surface area (Å²) in [7, 11) is 0. The van der Waals surface area contributed by atoms with E-state index in [4.69, 9.17) is 10.7 Å². The van der Waals surface area contributed by atoms with Crippen molar-refractivity contribution in [3.63, 3.8) is 0 Å². The molecule has 1 aliphatic heterocycles. The maximum absolute atomic E-state index is 6.62. The number of para-hydroxylation sites is 1. The number of fused-ring (bicyclic) bond motifs is 1. The first-order valence-corrected chi connectivity index (χ1v) is 11.9. The van der Waals surface area contributed by atoms with Crippen LogP contribution < -0.4 is 16.0 Å². The predicted octanol–water partition coefficient (Wildman–Crippen LogP) is 5.93. The van der Waals surface area contributed by atoms with Crippen molar-refractivity contribution in [1.82, 2.24) is 15.0 Å². The molecule has 0 saturated carbocycles. The summed E-state index contributed by atoms with van der Waals surface area (Å²) in [5, 5.41) is 4.62. The number of nitrogens with two attached hydrogens (primary N) is 1. The highest BCUT2D eigenvalue weighted by atomic mass is 15.2. The van der Waals surface area contributed by atoms with Crippen LogP contribution in [-0.4, -0.2) is 28.0 Å². The Morgan fingerprint density at radius 1 is 1.03 bits per heavy atom. The third kappa shape index (κ3) is 4.51. The molecule has 4 aromatic rings. The van der Waals surface area contributed by atoms with E-state index in [-0.39, 0.29) is 5.92 Å². The van der Waals surface area contributed by atoms with Crippen molar-refractivity contribution in [3.8, 4) is 0 Å². The van der Waals surface area contributed by atoms with E-state index in [0.717, 1.165) is 42.1 Å². The Hall–Kier alpha value is -3.54. The number of benzene rings is 2. The zero-order valence-corrected chi connectivity index (χ0v) is 19.4. The maximum Gasteiger partial charge on any atom is 0.231 e. The Morgan fingerprint density at radius 2 is 1.79 bits per heavy atom. The summed E-state index contributed by atoms with van der Waals surface area (Å²) in [6.45, 7) is 6.33. The van der Waals surface area contributed by atoms with Gasteiger partial charge in [-0.25, -0.2) is 0 Å². The van der Waals surface area contributed by atoms with Crippen LogP contribution in [0.5, 0.6) is 0 Å². The molecular weight excluding hydrogens is 408 g/mol. The van der Waals surface area contributed by atoms with Crippen LogP contribution in [0.3, 0.4) is 0 Å². The van der Waals surface area contributed by atoms with E-state index in [9.17, 15) is 0 Å². The second-order valence-electron chi connectivity index (χ2n) is 9.17. The van der Waals surface area contributed by atoms with Crippen LogP contribution in [0.15, 0.2) is 54.7 Å². The quantitative estimate of drug-likeness (QED) is 0.346. The fourth-order valence-corrected chi connectivity index (χ4v) is 4.85. The summed E-state index contributed by atoms with van der Waals surface area (Å²) in [5.74, 6) is 2.28. The van der Waals surface area contributed by atoms with E-state index in [2.05, 4.69) is 76.6 Å². The third-order valence-corrected chi connectivity index (χ3v) is 6.61. The summed E-state index contributed by atoms with van der Waals surface area (Å²) < 4.78 is 0. The van der Waals surface area contributed by atoms with Gasteiger partial charge < -0.3 is 20.9 Å². The Labute approximate surface area is 195 Å². The Balaban J connectivity index is 1.49. The van der Waals surface area contributed by atoms with Gasteiger partial charge in [0.25, 0.3) is 0 Å². The van der Waals surface area contributed by atoms with Crippen molar-refractivity contribution in [1.29, 1.82) is 0 Å². The lowest BCUT2D eigenvalue weighted by molar-refractivity contribution is 0.569. The number of piperidine rings is 1. The first kappa shape index (κ1) is 21.3. The predicted molar refractivity (Wildman–Crippen MR) is 137 cm³/mol. The van der Waals surface area contributed by atoms with E-state index < -0.39 is 0 Å². The summed E-state index contributed by atoms with van der Waals surface area (Å²) in [4.78, 5) is 15.5. The summed E-state index contributed by atoms with van der Waals surface area (Å²) in [5.41, 5.74) is 12.3. The number of aryl methyl sites for hydroxylation is 1. The molecule has 6 heteroatoms. The van der Waals surface area contributed by atoms with Crippen molar-refractivity contribution < 1.29 is 0 Å². The molecule has 170 valence electrons. The van der Waals surface area contributed by atoms with E-state index in [1.165, 1.54) is 35.8 Å². The molecule has 1 fully saturated rings. The van der Waals surface area contributed by atoms with Gasteiger partial charge in [-0.05, 0) is 62.3 Å². The molecular formula is C27H32N6. The van der Waals surface area contributed by atoms with E-state index in [1.54, 1.807) is 0 Å². The first-order chi connectivity index (χ1) is 16.1. The molecule has 1 saturated heterocycles. The molecule has 0 radical (unpaired) electrons. The van der Waals surface area contributed by atoms with Crippen molar-refractivity contribution in [2.24, 2.45) is 0 Å². The topological polar surface area (TPSA) is 82.9 Å². The molecule has 6 nitrogen and oxygen atoms in total. The van der Waals surface area contributed by atoms with Gasteiger partial charge in [-0.2, -0.15) is 9.97 Å². The molecule has 3 heterocycles. The summed E-state index contributed by atoms with van der Waals surface area (Å²) in [6, 6.07) is 16.7. The van der Waals surface area contributed by atoms with Crippen molar-refractivity contribution >= 4 is 34.2 Å². The summed E-state index contributed by atoms with van der Waals surface area (Å²) >= 11 is 0. The van der Waals surface area contributed by atoms with Gasteiger partial charge in [-0.15, -0.1) is 0 Å². The monoisotopic (exact) mass is 440 g/mol. The molecule has 2 aromatic carbocycles. The molecule has 0 bridgehead atoms. The van der Waals surface area contributed by atoms with Gasteiger partial charge in [-0.3, -0.25) is 0 Å². The van der Waals surface area contributed by atoms with Gasteiger partial charge in [0.15, 0.2) is 0 Å². The number of aromatic nitrogens is 3. The fraction of sp³-hybridized carbons (Fsp3) is 0.333. The van der Waals surface area contributed by atoms with E-state index in [0.29, 0.717) is 11.8 Å². The van der Waals surface area contributed by atoms with Gasteiger partial charge in [0.2, 0.25) is 5.95 Å². The number of hydrogen-bond acceptors (Lipinski definition) is 5. The summed E-state index contributed by atoms with van der Waals surface area (Å²) in [6.07, 6.45) is 6.63. The van der Waals surface area contributed by atoms with Gasteiger partial charge in [0.05, 0.1) is 0 Å². The Kier molecular flexibility index (Phi) is 5.90. The minimum atomic E-state index is 0.189. The molecule has 4 N–H and O–H groups in total. The van der Waals surface area contributed by atoms with E-state index in [1.807, 2.05) is 12.1 Å². The third-order valence-electron chi connectivity index (χ3n) is 6.61. The fourth-order valence-electron chi connectivity index (χ4n) is 4.85. The molecule has 0 aliphatic carbocycles. The highest BCUT2D eigenvalue weighted by Crippen LogP contribution is 2.36. The van der Waals surface area contributed by atoms with Crippen molar-refractivity contribution in [2.75, 3.05) is 29.0 Å². The lowest BCUT2D eigenvalue weighted by Crippen LogP contribution is -2.32. The Morgan fingerprint density at radius 3 is 2.58 bits per heavy atom. The smallest absolute Gasteiger partial charge is 0.231 e. The second kappa shape index (κ2) is 9.14. The number of nitrogens with one attached hydrogen (secondary N) is 2. The zero-order valence-electron chi connectivity index (χ0n) is 19.4. The standard InChI is InChI=1S/C27H32N6/c1-18-10-12-21(13-11-18)30-27-31-25(28)24(26(32-27)33-14-6-3-7-15-33)19(2)16-20-17-29-23-9-5-4-8-22(20)23/h4-5,8-13,17,19,29H,3,6-7,14-16H2,1-2H3,(H3,28,30,31,32). The van der Waals surface area contributed by atoms with Crippen molar-refractivity contribution in [2.45, 2.75) is 45.4 Å². The van der Waals surface area contributed by atoms with Crippen LogP contribution in [0.1, 0.15) is 48.8 Å². The van der Waals surface area contributed by atoms with Crippen LogP contribution in [0, 0.1) is 6.92 Å². The highest BCUT2D eigenvalue weighted by Gasteiger charge is 2.25. The number of anilines is 4. The molecule has 2 aromatic heterocycles. The van der Waals surface area contributed by atoms with Crippen LogP contribution in [0.2, 0.25) is 0 Å². The number of H-pyrrole nitrogens is 1. The average molecular weight is 441 g/mol. The number of hydrogen-bond donors (Lipinski definition) is 3. The van der Waals surface area contributed by atoms with E-state index >= 15 is 0 Å². The zero-order chi connectivity index (χ0) is 22.8. The van der Waals surface area contributed by atoms with Crippen LogP contribution in [-0.2, 0) is 6.42 Å². The second-order valence-corrected chi connectivity index (χ2v) is 9.17. The first-order valence-electron chi connectivity index (χ1n) is 11.9. The lowest BCUT2D eigenvalue weighted by atomic mass is 9.93. The van der Waals surface area contributed by atoms with Crippen molar-refractivity contribution in [3.05, 3.63) is 71.4 Å². The maximum atomic E-state index is 6.62. The number of nitrogens with zero attached hydrogens (tertiary/aromatic N) is 3. The average Bonchev–Trinajstić information content (AvgIpc) is 3.23. The van der Waals surface area contributed by atoms with Gasteiger partial charge in [-0.1, -0.05) is 42.8 Å². The molecule has 0 spiro atoms. The molecule has 33 heavy (non-hydrogen) atoms. The SMILES string of the molecule is Cc1ccc(Nc2nc(N)c(C(C)Cc3c[nH]c4ccccc34)c(N3CCCCC3)n2)cc1. The van der Waals surface area contributed by atoms with Crippen LogP contribution in [0.4, 0.5) is 23.3 Å². The van der Waals surface area contributed by atoms with Gasteiger partial charge in [0, 0.05) is 41.4 Å². The van der Waals surface area contributed by atoms with Crippen LogP contribution in [0.25, 0.3) is 10.9 Å². The minimum absolute atomic E-state index is 0.189. The molecule has 1 atom stereocenters. The van der Waals surface area contributed by atoms with Gasteiger partial charge in [0.1, 0.15) is 11.6 Å². The lowest BCUT2D eigenvalue weighted by Gasteiger charge is -2.31. The largest absolute Gasteiger partial charge is 0.383 e. The normalized spacial score (nSPS) is 15.0. The van der Waals surface area contributed by atoms with Gasteiger partial charge >= 0.3 is 0 Å². The molecule has 1 aliphatic rings. The van der Waals surface area contributed by atoms with Crippen LogP contribution >= 0.6 is 0 Å². The molecule has 1 unspecified atom stereocenters. The number of aromatic amines is 1. The minimum Gasteiger partial charge on any atom is -0.383 e. The Bertz CT molecular complexity index is 1240. The molecule has 5 rings (SSSR count). The molecule has 0 amide bonds.